The lowest BCUT2D eigenvalue weighted by Crippen LogP contribution is -2.22. The summed E-state index contributed by atoms with van der Waals surface area (Å²) in [5.41, 5.74) is 0. The Hall–Kier alpha value is 0.200. The van der Waals surface area contributed by atoms with Crippen LogP contribution in [-0.4, -0.2) is 26.9 Å². The Morgan fingerprint density at radius 1 is 1.31 bits per heavy atom. The van der Waals surface area contributed by atoms with Crippen LogP contribution in [0, 0.1) is 5.92 Å². The van der Waals surface area contributed by atoms with Gasteiger partial charge in [-0.15, -0.1) is 0 Å². The summed E-state index contributed by atoms with van der Waals surface area (Å²) in [4.78, 5) is 0. The summed E-state index contributed by atoms with van der Waals surface area (Å²) in [5, 5.41) is 0. The Kier molecular flexibility index (Phi) is 6.08. The molecule has 0 spiro atoms. The van der Waals surface area contributed by atoms with E-state index in [0.717, 1.165) is 25.2 Å². The zero-order valence-electron chi connectivity index (χ0n) is 9.82. The average Bonchev–Trinajstić information content (AvgIpc) is 2.15. The SMILES string of the molecule is CC1CCCC(OCCCCS(=O)(=O)Cl)C1. The highest BCUT2D eigenvalue weighted by atomic mass is 35.7. The van der Waals surface area contributed by atoms with Gasteiger partial charge < -0.3 is 4.74 Å². The highest BCUT2D eigenvalue weighted by Gasteiger charge is 2.18. The average molecular weight is 269 g/mol. The first kappa shape index (κ1) is 14.3. The van der Waals surface area contributed by atoms with E-state index in [1.54, 1.807) is 0 Å². The van der Waals surface area contributed by atoms with E-state index in [0.29, 0.717) is 19.1 Å². The molecule has 1 rings (SSSR count). The van der Waals surface area contributed by atoms with Crippen molar-refractivity contribution in [1.82, 2.24) is 0 Å². The molecular formula is C11H21ClO3S. The second-order valence-corrected chi connectivity index (χ2v) is 7.61. The van der Waals surface area contributed by atoms with E-state index >= 15 is 0 Å². The Balaban J connectivity index is 2.02. The molecule has 96 valence electrons. The van der Waals surface area contributed by atoms with Gasteiger partial charge in [0.05, 0.1) is 11.9 Å². The maximum atomic E-state index is 10.7. The van der Waals surface area contributed by atoms with Crippen molar-refractivity contribution in [2.45, 2.75) is 51.6 Å². The van der Waals surface area contributed by atoms with Gasteiger partial charge in [-0.3, -0.25) is 0 Å². The van der Waals surface area contributed by atoms with Crippen molar-refractivity contribution < 1.29 is 13.2 Å². The number of ether oxygens (including phenoxy) is 1. The Morgan fingerprint density at radius 2 is 2.06 bits per heavy atom. The third-order valence-corrected chi connectivity index (χ3v) is 4.26. The Bertz CT molecular complexity index is 290. The van der Waals surface area contributed by atoms with Gasteiger partial charge in [0.2, 0.25) is 9.05 Å². The molecule has 1 fully saturated rings. The second kappa shape index (κ2) is 6.82. The number of hydrogen-bond donors (Lipinski definition) is 0. The maximum Gasteiger partial charge on any atom is 0.232 e. The minimum atomic E-state index is -3.32. The van der Waals surface area contributed by atoms with Gasteiger partial charge in [0.1, 0.15) is 0 Å². The highest BCUT2D eigenvalue weighted by Crippen LogP contribution is 2.25. The summed E-state index contributed by atoms with van der Waals surface area (Å²) in [6.07, 6.45) is 6.61. The summed E-state index contributed by atoms with van der Waals surface area (Å²) >= 11 is 0. The van der Waals surface area contributed by atoms with E-state index in [-0.39, 0.29) is 5.75 Å². The quantitative estimate of drug-likeness (QED) is 0.550. The van der Waals surface area contributed by atoms with Crippen molar-refractivity contribution in [3.05, 3.63) is 0 Å². The summed E-state index contributed by atoms with van der Waals surface area (Å²) in [6.45, 7) is 2.92. The van der Waals surface area contributed by atoms with Crippen LogP contribution in [0.25, 0.3) is 0 Å². The molecule has 0 amide bonds. The minimum Gasteiger partial charge on any atom is -0.378 e. The molecule has 1 aliphatic carbocycles. The standard InChI is InChI=1S/C11H21ClO3S/c1-10-5-4-6-11(9-10)15-7-2-3-8-16(12,13)14/h10-11H,2-9H2,1H3. The van der Waals surface area contributed by atoms with E-state index in [1.165, 1.54) is 12.8 Å². The Morgan fingerprint density at radius 3 is 2.69 bits per heavy atom. The lowest BCUT2D eigenvalue weighted by atomic mass is 9.89. The smallest absolute Gasteiger partial charge is 0.232 e. The van der Waals surface area contributed by atoms with Gasteiger partial charge in [-0.25, -0.2) is 8.42 Å². The molecule has 1 saturated carbocycles. The molecule has 3 nitrogen and oxygen atoms in total. The molecule has 0 bridgehead atoms. The number of unbranched alkanes of at least 4 members (excludes halogenated alkanes) is 1. The van der Waals surface area contributed by atoms with Crippen LogP contribution in [0.5, 0.6) is 0 Å². The van der Waals surface area contributed by atoms with Crippen molar-refractivity contribution in [3.8, 4) is 0 Å². The maximum absolute atomic E-state index is 10.7. The molecule has 0 aliphatic heterocycles. The number of hydrogen-bond acceptors (Lipinski definition) is 3. The summed E-state index contributed by atoms with van der Waals surface area (Å²) in [5.74, 6) is 0.820. The first-order valence-corrected chi connectivity index (χ1v) is 8.49. The van der Waals surface area contributed by atoms with Gasteiger partial charge in [0.25, 0.3) is 0 Å². The van der Waals surface area contributed by atoms with Crippen molar-refractivity contribution >= 4 is 19.7 Å². The lowest BCUT2D eigenvalue weighted by Gasteiger charge is -2.26. The van der Waals surface area contributed by atoms with Gasteiger partial charge in [0.15, 0.2) is 0 Å². The van der Waals surface area contributed by atoms with Crippen LogP contribution in [-0.2, 0) is 13.8 Å². The molecule has 0 aromatic heterocycles. The van der Waals surface area contributed by atoms with Crippen LogP contribution in [0.3, 0.4) is 0 Å². The monoisotopic (exact) mass is 268 g/mol. The fourth-order valence-corrected chi connectivity index (χ4v) is 3.03. The van der Waals surface area contributed by atoms with Crippen LogP contribution in [0.2, 0.25) is 0 Å². The van der Waals surface area contributed by atoms with E-state index in [4.69, 9.17) is 15.4 Å². The molecule has 0 heterocycles. The molecular weight excluding hydrogens is 248 g/mol. The molecule has 5 heteroatoms. The van der Waals surface area contributed by atoms with Gasteiger partial charge >= 0.3 is 0 Å². The molecule has 0 aromatic carbocycles. The van der Waals surface area contributed by atoms with Crippen molar-refractivity contribution in [2.75, 3.05) is 12.4 Å². The van der Waals surface area contributed by atoms with Crippen molar-refractivity contribution in [3.63, 3.8) is 0 Å². The summed E-state index contributed by atoms with van der Waals surface area (Å²) < 4.78 is 27.1. The zero-order chi connectivity index (χ0) is 12.0. The van der Waals surface area contributed by atoms with E-state index in [9.17, 15) is 8.42 Å². The molecule has 0 radical (unpaired) electrons. The second-order valence-electron chi connectivity index (χ2n) is 4.71. The fraction of sp³-hybridized carbons (Fsp3) is 1.00. The first-order valence-electron chi connectivity index (χ1n) is 6.01. The fourth-order valence-electron chi connectivity index (χ4n) is 2.16. The molecule has 0 N–H and O–H groups in total. The topological polar surface area (TPSA) is 43.4 Å². The van der Waals surface area contributed by atoms with Crippen LogP contribution in [0.1, 0.15) is 45.4 Å². The van der Waals surface area contributed by atoms with Crippen LogP contribution in [0.15, 0.2) is 0 Å². The largest absolute Gasteiger partial charge is 0.378 e. The predicted octanol–water partition coefficient (Wildman–Crippen LogP) is 2.93. The first-order chi connectivity index (χ1) is 7.47. The molecule has 2 unspecified atom stereocenters. The minimum absolute atomic E-state index is 0.0545. The van der Waals surface area contributed by atoms with Gasteiger partial charge in [-0.2, -0.15) is 0 Å². The number of rotatable bonds is 6. The molecule has 2 atom stereocenters. The molecule has 0 saturated heterocycles. The zero-order valence-corrected chi connectivity index (χ0v) is 11.4. The van der Waals surface area contributed by atoms with Crippen molar-refractivity contribution in [1.29, 1.82) is 0 Å². The van der Waals surface area contributed by atoms with Crippen molar-refractivity contribution in [2.24, 2.45) is 5.92 Å². The summed E-state index contributed by atoms with van der Waals surface area (Å²) in [7, 11) is 1.79. The number of halogens is 1. The highest BCUT2D eigenvalue weighted by molar-refractivity contribution is 8.13. The van der Waals surface area contributed by atoms with Gasteiger partial charge in [0, 0.05) is 17.3 Å². The van der Waals surface area contributed by atoms with Crippen LogP contribution < -0.4 is 0 Å². The van der Waals surface area contributed by atoms with Gasteiger partial charge in [-0.05, 0) is 31.6 Å². The third-order valence-electron chi connectivity index (χ3n) is 3.02. The van der Waals surface area contributed by atoms with Crippen LogP contribution >= 0.6 is 10.7 Å². The normalized spacial score (nSPS) is 26.9. The van der Waals surface area contributed by atoms with E-state index < -0.39 is 9.05 Å². The van der Waals surface area contributed by atoms with Gasteiger partial charge in [-0.1, -0.05) is 19.8 Å². The third kappa shape index (κ3) is 6.71. The Labute approximate surface area is 103 Å². The molecule has 0 aromatic rings. The summed E-state index contributed by atoms with van der Waals surface area (Å²) in [6, 6.07) is 0. The molecule has 16 heavy (non-hydrogen) atoms. The van der Waals surface area contributed by atoms with E-state index in [2.05, 4.69) is 6.92 Å². The molecule has 1 aliphatic rings. The predicted molar refractivity (Wildman–Crippen MR) is 66.2 cm³/mol. The lowest BCUT2D eigenvalue weighted by molar-refractivity contribution is 0.0143. The van der Waals surface area contributed by atoms with Crippen LogP contribution in [0.4, 0.5) is 0 Å². The van der Waals surface area contributed by atoms with E-state index in [1.807, 2.05) is 0 Å².